The lowest BCUT2D eigenvalue weighted by atomic mass is 10.3. The number of carbonyl (C=O) groups is 1. The first kappa shape index (κ1) is 19.2. The maximum Gasteiger partial charge on any atom is 0.243 e. The molecule has 24 heavy (non-hydrogen) atoms. The summed E-state index contributed by atoms with van der Waals surface area (Å²) in [7, 11) is -3.50. The van der Waals surface area contributed by atoms with Gasteiger partial charge in [-0.1, -0.05) is 24.9 Å². The van der Waals surface area contributed by atoms with Gasteiger partial charge >= 0.3 is 0 Å². The van der Waals surface area contributed by atoms with E-state index in [-0.39, 0.29) is 10.8 Å². The van der Waals surface area contributed by atoms with Crippen molar-refractivity contribution in [2.45, 2.75) is 24.7 Å². The molecule has 1 aromatic carbocycles. The summed E-state index contributed by atoms with van der Waals surface area (Å²) < 4.78 is 26.6. The zero-order valence-electron chi connectivity index (χ0n) is 13.9. The second-order valence-electron chi connectivity index (χ2n) is 5.84. The average molecular weight is 374 g/mol. The zero-order valence-corrected chi connectivity index (χ0v) is 15.4. The Morgan fingerprint density at radius 2 is 1.79 bits per heavy atom. The van der Waals surface area contributed by atoms with Gasteiger partial charge in [0.1, 0.15) is 0 Å². The first-order valence-electron chi connectivity index (χ1n) is 8.18. The quantitative estimate of drug-likeness (QED) is 0.736. The predicted octanol–water partition coefficient (Wildman–Crippen LogP) is 1.56. The van der Waals surface area contributed by atoms with Gasteiger partial charge in [-0.25, -0.2) is 8.42 Å². The molecular formula is C16H24ClN3O3S. The molecule has 1 aliphatic heterocycles. The largest absolute Gasteiger partial charge is 0.355 e. The SMILES string of the molecule is CCCCNC(=O)CN1CCN(S(=O)(=O)c2ccc(Cl)cc2)CC1. The maximum atomic E-state index is 12.6. The minimum Gasteiger partial charge on any atom is -0.355 e. The van der Waals surface area contributed by atoms with E-state index in [1.807, 2.05) is 4.90 Å². The molecule has 8 heteroatoms. The van der Waals surface area contributed by atoms with Crippen molar-refractivity contribution >= 4 is 27.5 Å². The molecule has 1 N–H and O–H groups in total. The van der Waals surface area contributed by atoms with Gasteiger partial charge in [-0.3, -0.25) is 9.69 Å². The van der Waals surface area contributed by atoms with Crippen molar-refractivity contribution in [3.8, 4) is 0 Å². The van der Waals surface area contributed by atoms with Crippen LogP contribution < -0.4 is 5.32 Å². The van der Waals surface area contributed by atoms with E-state index < -0.39 is 10.0 Å². The second-order valence-corrected chi connectivity index (χ2v) is 8.21. The third kappa shape index (κ3) is 5.17. The highest BCUT2D eigenvalue weighted by Crippen LogP contribution is 2.19. The highest BCUT2D eigenvalue weighted by Gasteiger charge is 2.28. The van der Waals surface area contributed by atoms with Crippen LogP contribution in [0.25, 0.3) is 0 Å². The van der Waals surface area contributed by atoms with E-state index in [1.54, 1.807) is 12.1 Å². The summed E-state index contributed by atoms with van der Waals surface area (Å²) in [5.74, 6) is -0.00235. The molecule has 1 heterocycles. The van der Waals surface area contributed by atoms with E-state index in [9.17, 15) is 13.2 Å². The summed E-state index contributed by atoms with van der Waals surface area (Å²) in [5.41, 5.74) is 0. The van der Waals surface area contributed by atoms with Gasteiger partial charge in [0.05, 0.1) is 11.4 Å². The molecule has 0 aliphatic carbocycles. The van der Waals surface area contributed by atoms with Crippen molar-refractivity contribution in [1.82, 2.24) is 14.5 Å². The molecule has 0 unspecified atom stereocenters. The molecule has 134 valence electrons. The monoisotopic (exact) mass is 373 g/mol. The molecule has 0 saturated carbocycles. The average Bonchev–Trinajstić information content (AvgIpc) is 2.56. The Kier molecular flexibility index (Phi) is 7.03. The summed E-state index contributed by atoms with van der Waals surface area (Å²) in [6.45, 7) is 4.95. The minimum absolute atomic E-state index is 0.00235. The molecule has 1 saturated heterocycles. The Labute approximate surface area is 148 Å². The highest BCUT2D eigenvalue weighted by molar-refractivity contribution is 7.89. The molecule has 1 amide bonds. The fourth-order valence-corrected chi connectivity index (χ4v) is 4.10. The highest BCUT2D eigenvalue weighted by atomic mass is 35.5. The van der Waals surface area contributed by atoms with E-state index in [4.69, 9.17) is 11.6 Å². The number of unbranched alkanes of at least 4 members (excludes halogenated alkanes) is 1. The number of piperazine rings is 1. The lowest BCUT2D eigenvalue weighted by Gasteiger charge is -2.33. The van der Waals surface area contributed by atoms with Gasteiger partial charge in [-0.15, -0.1) is 0 Å². The molecule has 1 aromatic rings. The molecule has 1 aliphatic rings. The van der Waals surface area contributed by atoms with E-state index in [1.165, 1.54) is 16.4 Å². The molecule has 0 aromatic heterocycles. The van der Waals surface area contributed by atoms with Gasteiger partial charge in [-0.2, -0.15) is 4.31 Å². The maximum absolute atomic E-state index is 12.6. The van der Waals surface area contributed by atoms with E-state index in [0.717, 1.165) is 12.8 Å². The third-order valence-corrected chi connectivity index (χ3v) is 6.17. The second kappa shape index (κ2) is 8.80. The number of sulfonamides is 1. The van der Waals surface area contributed by atoms with Crippen molar-refractivity contribution in [3.05, 3.63) is 29.3 Å². The van der Waals surface area contributed by atoms with Gasteiger partial charge in [-0.05, 0) is 30.7 Å². The van der Waals surface area contributed by atoms with E-state index in [2.05, 4.69) is 12.2 Å². The van der Waals surface area contributed by atoms with Gasteiger partial charge in [0.25, 0.3) is 0 Å². The number of nitrogens with one attached hydrogen (secondary N) is 1. The van der Waals surface area contributed by atoms with Crippen LogP contribution >= 0.6 is 11.6 Å². The summed E-state index contributed by atoms with van der Waals surface area (Å²) in [6.07, 6.45) is 2.01. The zero-order chi connectivity index (χ0) is 17.6. The van der Waals surface area contributed by atoms with Crippen LogP contribution in [-0.2, 0) is 14.8 Å². The third-order valence-electron chi connectivity index (χ3n) is 4.00. The first-order valence-corrected chi connectivity index (χ1v) is 10.00. The van der Waals surface area contributed by atoms with Gasteiger partial charge in [0.15, 0.2) is 0 Å². The molecular weight excluding hydrogens is 350 g/mol. The van der Waals surface area contributed by atoms with Gasteiger partial charge < -0.3 is 5.32 Å². The Bertz CT molecular complexity index is 641. The van der Waals surface area contributed by atoms with Gasteiger partial charge in [0, 0.05) is 37.7 Å². The van der Waals surface area contributed by atoms with Crippen molar-refractivity contribution in [1.29, 1.82) is 0 Å². The molecule has 2 rings (SSSR count). The van der Waals surface area contributed by atoms with Crippen LogP contribution in [-0.4, -0.2) is 62.8 Å². The van der Waals surface area contributed by atoms with Gasteiger partial charge in [0.2, 0.25) is 15.9 Å². The van der Waals surface area contributed by atoms with Crippen LogP contribution in [0.15, 0.2) is 29.2 Å². The van der Waals surface area contributed by atoms with Crippen molar-refractivity contribution in [2.24, 2.45) is 0 Å². The lowest BCUT2D eigenvalue weighted by Crippen LogP contribution is -2.51. The fourth-order valence-electron chi connectivity index (χ4n) is 2.55. The summed E-state index contributed by atoms with van der Waals surface area (Å²) >= 11 is 5.81. The summed E-state index contributed by atoms with van der Waals surface area (Å²) in [4.78, 5) is 14.0. The Balaban J connectivity index is 1.85. The topological polar surface area (TPSA) is 69.7 Å². The Morgan fingerprint density at radius 3 is 2.38 bits per heavy atom. The van der Waals surface area contributed by atoms with Crippen LogP contribution in [0.4, 0.5) is 0 Å². The number of carbonyl (C=O) groups excluding carboxylic acids is 1. The number of halogens is 1. The molecule has 6 nitrogen and oxygen atoms in total. The number of hydrogen-bond acceptors (Lipinski definition) is 4. The van der Waals surface area contributed by atoms with Crippen LogP contribution in [0, 0.1) is 0 Å². The normalized spacial score (nSPS) is 16.9. The Hall–Kier alpha value is -1.15. The van der Waals surface area contributed by atoms with E-state index in [0.29, 0.717) is 44.3 Å². The molecule has 0 radical (unpaired) electrons. The molecule has 1 fully saturated rings. The van der Waals surface area contributed by atoms with E-state index >= 15 is 0 Å². The standard InChI is InChI=1S/C16H24ClN3O3S/c1-2-3-8-18-16(21)13-19-9-11-20(12-10-19)24(22,23)15-6-4-14(17)5-7-15/h4-7H,2-3,8-13H2,1H3,(H,18,21). The lowest BCUT2D eigenvalue weighted by molar-refractivity contribution is -0.122. The van der Waals surface area contributed by atoms with Crippen LogP contribution in [0.3, 0.4) is 0 Å². The number of benzene rings is 1. The van der Waals surface area contributed by atoms with Crippen molar-refractivity contribution in [3.63, 3.8) is 0 Å². The minimum atomic E-state index is -3.50. The number of amides is 1. The molecule has 0 bridgehead atoms. The first-order chi connectivity index (χ1) is 11.4. The van der Waals surface area contributed by atoms with Crippen LogP contribution in [0.1, 0.15) is 19.8 Å². The van der Waals surface area contributed by atoms with Crippen molar-refractivity contribution < 1.29 is 13.2 Å². The van der Waals surface area contributed by atoms with Crippen LogP contribution in [0.5, 0.6) is 0 Å². The summed E-state index contributed by atoms with van der Waals surface area (Å²) in [6, 6.07) is 6.19. The molecule has 0 atom stereocenters. The predicted molar refractivity (Wildman–Crippen MR) is 94.6 cm³/mol. The molecule has 0 spiro atoms. The fraction of sp³-hybridized carbons (Fsp3) is 0.562. The van der Waals surface area contributed by atoms with Crippen LogP contribution in [0.2, 0.25) is 5.02 Å². The number of nitrogens with zero attached hydrogens (tertiary/aromatic N) is 2. The van der Waals surface area contributed by atoms with Crippen molar-refractivity contribution in [2.75, 3.05) is 39.3 Å². The summed E-state index contributed by atoms with van der Waals surface area (Å²) in [5, 5.41) is 3.39. The number of hydrogen-bond donors (Lipinski definition) is 1. The smallest absolute Gasteiger partial charge is 0.243 e. The number of rotatable bonds is 7. The Morgan fingerprint density at radius 1 is 1.17 bits per heavy atom.